The van der Waals surface area contributed by atoms with Crippen molar-refractivity contribution in [3.05, 3.63) is 169 Å². The molecule has 0 amide bonds. The van der Waals surface area contributed by atoms with Crippen molar-refractivity contribution in [2.45, 2.75) is 0 Å². The Morgan fingerprint density at radius 3 is 1.64 bits per heavy atom. The molecule has 0 unspecified atom stereocenters. The van der Waals surface area contributed by atoms with Crippen molar-refractivity contribution in [3.8, 4) is 33.4 Å². The Labute approximate surface area is 311 Å². The molecule has 0 radical (unpaired) electrons. The standard InChI is InChI=1S/C46H28O/c1-2-14-34-29(11-1)23-24-30-25-26-32(28-41(30)34)31-12-9-13-33(27-31)44-35-15-3-5-17-37(35)45(38-18-6-4-16-36(38)44)40-20-10-22-43-46(40)39-19-7-8-21-42(39)47-43/h1-28H/i1D,2D,3D,4D,5D,6D,7D,8D,9D,10D,11D,12D,13D,14D,15D,16D,17D,18D,19D,20D,21D,22D,23D,24D,25D,26D,27D,28D. The van der Waals surface area contributed by atoms with Crippen LogP contribution in [0.4, 0.5) is 0 Å². The van der Waals surface area contributed by atoms with E-state index in [1.54, 1.807) is 0 Å². The quantitative estimate of drug-likeness (QED) is 0.141. The molecule has 1 heteroatoms. The molecule has 0 atom stereocenters. The van der Waals surface area contributed by atoms with Gasteiger partial charge in [-0.05, 0) is 101 Å². The second-order valence-electron chi connectivity index (χ2n) is 10.3. The lowest BCUT2D eigenvalue weighted by atomic mass is 9.84. The lowest BCUT2D eigenvalue weighted by Crippen LogP contribution is -1.91. The van der Waals surface area contributed by atoms with Gasteiger partial charge in [-0.2, -0.15) is 0 Å². The van der Waals surface area contributed by atoms with Gasteiger partial charge in [0, 0.05) is 10.8 Å². The molecule has 0 saturated carbocycles. The van der Waals surface area contributed by atoms with Crippen LogP contribution in [0.2, 0.25) is 0 Å². The summed E-state index contributed by atoms with van der Waals surface area (Å²) in [7, 11) is 0. The number of hydrogen-bond acceptors (Lipinski definition) is 1. The van der Waals surface area contributed by atoms with Gasteiger partial charge in [-0.1, -0.05) is 145 Å². The topological polar surface area (TPSA) is 13.1 Å². The van der Waals surface area contributed by atoms with Crippen LogP contribution < -0.4 is 0 Å². The van der Waals surface area contributed by atoms with Gasteiger partial charge in [-0.15, -0.1) is 0 Å². The number of fused-ring (bicyclic) bond motifs is 8. The molecule has 0 spiro atoms. The van der Waals surface area contributed by atoms with E-state index in [4.69, 9.17) is 27.7 Å². The predicted octanol–water partition coefficient (Wildman–Crippen LogP) is 13.2. The van der Waals surface area contributed by atoms with E-state index in [2.05, 4.69) is 0 Å². The molecule has 218 valence electrons. The first-order chi connectivity index (χ1) is 35.0. The van der Waals surface area contributed by atoms with Gasteiger partial charge in [-0.3, -0.25) is 0 Å². The molecular formula is C46H28O. The minimum atomic E-state index is -1.11. The first-order valence-electron chi connectivity index (χ1n) is 27.9. The van der Waals surface area contributed by atoms with Crippen molar-refractivity contribution < 1.29 is 42.8 Å². The molecule has 0 saturated heterocycles. The average molecular weight is 625 g/mol. The van der Waals surface area contributed by atoms with E-state index in [-0.39, 0.29) is 0 Å². The zero-order chi connectivity index (χ0) is 55.3. The number of rotatable bonds is 3. The van der Waals surface area contributed by atoms with Crippen LogP contribution >= 0.6 is 0 Å². The van der Waals surface area contributed by atoms with Crippen LogP contribution in [0, 0.1) is 0 Å². The number of benzene rings is 9. The summed E-state index contributed by atoms with van der Waals surface area (Å²) in [6.07, 6.45) is 0. The van der Waals surface area contributed by atoms with Crippen molar-refractivity contribution in [3.63, 3.8) is 0 Å². The highest BCUT2D eigenvalue weighted by molar-refractivity contribution is 6.25. The second kappa shape index (κ2) is 10.2. The Bertz CT molecular complexity index is 4360. The zero-order valence-electron chi connectivity index (χ0n) is 51.4. The van der Waals surface area contributed by atoms with E-state index in [9.17, 15) is 15.1 Å². The van der Waals surface area contributed by atoms with Gasteiger partial charge in [0.05, 0.1) is 38.4 Å². The summed E-state index contributed by atoms with van der Waals surface area (Å²) in [6.45, 7) is 0. The molecule has 1 heterocycles. The highest BCUT2D eigenvalue weighted by Crippen LogP contribution is 2.47. The SMILES string of the molecule is [2H]c1c([2H])c(-c2c([2H])c([2H])c3c([2H])c([2H])c4c([2H])c([2H])c([2H])c([2H])c4c3c2[2H])c([2H])c(-c2c3c([2H])c([2H])c([2H])c([2H])c3c(-c3c([2H])c([2H])c([2H])c4oc5c([2H])c([2H])c([2H])c([2H])c5c34)c3c([2H])c([2H])c([2H])c([2H])c23)c1[2H]. The van der Waals surface area contributed by atoms with Crippen LogP contribution in [0.25, 0.3) is 98.4 Å². The van der Waals surface area contributed by atoms with Gasteiger partial charge in [0.15, 0.2) is 0 Å². The lowest BCUT2D eigenvalue weighted by molar-refractivity contribution is 0.669. The Hall–Kier alpha value is -6.18. The molecule has 0 aliphatic heterocycles. The lowest BCUT2D eigenvalue weighted by Gasteiger charge is -2.18. The van der Waals surface area contributed by atoms with Crippen molar-refractivity contribution in [1.29, 1.82) is 0 Å². The van der Waals surface area contributed by atoms with Gasteiger partial charge in [0.25, 0.3) is 0 Å². The highest BCUT2D eigenvalue weighted by Gasteiger charge is 2.20. The Kier molecular flexibility index (Phi) is 2.31. The number of hydrogen-bond donors (Lipinski definition) is 0. The maximum absolute atomic E-state index is 9.92. The van der Waals surface area contributed by atoms with Crippen molar-refractivity contribution >= 4 is 65.0 Å². The van der Waals surface area contributed by atoms with Crippen LogP contribution in [0.3, 0.4) is 0 Å². The second-order valence-corrected chi connectivity index (χ2v) is 10.3. The van der Waals surface area contributed by atoms with Gasteiger partial charge in [-0.25, -0.2) is 0 Å². The fraction of sp³-hybridized carbons (Fsp3) is 0. The third-order valence-electron chi connectivity index (χ3n) is 7.76. The molecule has 47 heavy (non-hydrogen) atoms. The highest BCUT2D eigenvalue weighted by atomic mass is 16.3. The van der Waals surface area contributed by atoms with Crippen molar-refractivity contribution in [2.75, 3.05) is 0 Å². The predicted molar refractivity (Wildman–Crippen MR) is 200 cm³/mol. The van der Waals surface area contributed by atoms with E-state index in [1.165, 1.54) is 0 Å². The third kappa shape index (κ3) is 3.97. The molecule has 9 aromatic carbocycles. The van der Waals surface area contributed by atoms with E-state index in [1.807, 2.05) is 0 Å². The summed E-state index contributed by atoms with van der Waals surface area (Å²) in [5.41, 5.74) is -6.02. The van der Waals surface area contributed by atoms with E-state index in [0.29, 0.717) is 0 Å². The van der Waals surface area contributed by atoms with Crippen LogP contribution in [-0.4, -0.2) is 0 Å². The molecule has 0 N–H and O–H groups in total. The molecular weight excluding hydrogens is 569 g/mol. The van der Waals surface area contributed by atoms with Crippen molar-refractivity contribution in [2.24, 2.45) is 0 Å². The molecule has 1 aromatic heterocycles. The first-order valence-corrected chi connectivity index (χ1v) is 13.9. The summed E-state index contributed by atoms with van der Waals surface area (Å²) >= 11 is 0. The molecule has 0 aliphatic rings. The Balaban J connectivity index is 1.51. The normalized spacial score (nSPS) is 20.2. The van der Waals surface area contributed by atoms with Gasteiger partial charge < -0.3 is 4.42 Å². The molecule has 10 rings (SSSR count). The van der Waals surface area contributed by atoms with Crippen molar-refractivity contribution in [1.82, 2.24) is 0 Å². The van der Waals surface area contributed by atoms with Crippen LogP contribution in [0.15, 0.2) is 174 Å². The summed E-state index contributed by atoms with van der Waals surface area (Å²) in [5, 5.41) is -6.32. The van der Waals surface area contributed by atoms with Gasteiger partial charge in [0.1, 0.15) is 11.2 Å². The smallest absolute Gasteiger partial charge is 0.136 e. The number of para-hydroxylation sites is 1. The van der Waals surface area contributed by atoms with E-state index >= 15 is 0 Å². The monoisotopic (exact) mass is 624 g/mol. The average Bonchev–Trinajstić information content (AvgIpc) is 3.81. The maximum Gasteiger partial charge on any atom is 0.136 e. The zero-order valence-corrected chi connectivity index (χ0v) is 23.4. The minimum absolute atomic E-state index is 0.488. The largest absolute Gasteiger partial charge is 0.456 e. The summed E-state index contributed by atoms with van der Waals surface area (Å²) in [5.74, 6) is 0. The minimum Gasteiger partial charge on any atom is -0.456 e. The van der Waals surface area contributed by atoms with Crippen LogP contribution in [0.1, 0.15) is 38.4 Å². The first kappa shape index (κ1) is 10.7. The molecule has 10 aromatic rings. The number of furan rings is 1. The molecule has 0 aliphatic carbocycles. The van der Waals surface area contributed by atoms with Crippen LogP contribution in [0.5, 0.6) is 0 Å². The van der Waals surface area contributed by atoms with Gasteiger partial charge in [0.2, 0.25) is 0 Å². The third-order valence-corrected chi connectivity index (χ3v) is 7.76. The van der Waals surface area contributed by atoms with Gasteiger partial charge >= 0.3 is 0 Å². The Morgan fingerprint density at radius 2 is 0.872 bits per heavy atom. The summed E-state index contributed by atoms with van der Waals surface area (Å²) < 4.78 is 259. The fourth-order valence-electron chi connectivity index (χ4n) is 5.80. The molecule has 1 nitrogen and oxygen atoms in total. The fourth-order valence-corrected chi connectivity index (χ4v) is 5.80. The summed E-state index contributed by atoms with van der Waals surface area (Å²) in [6, 6.07) is -26.1. The molecule has 0 bridgehead atoms. The Morgan fingerprint density at radius 1 is 0.340 bits per heavy atom. The molecule has 0 fully saturated rings. The van der Waals surface area contributed by atoms with E-state index < -0.39 is 268 Å². The maximum atomic E-state index is 9.92. The van der Waals surface area contributed by atoms with E-state index in [0.717, 1.165) is 0 Å². The van der Waals surface area contributed by atoms with Crippen LogP contribution in [-0.2, 0) is 0 Å². The summed E-state index contributed by atoms with van der Waals surface area (Å²) in [4.78, 5) is 0.